The van der Waals surface area contributed by atoms with Crippen LogP contribution in [0, 0.1) is 0 Å². The number of hydrogen-bond acceptors (Lipinski definition) is 7. The largest absolute Gasteiger partial charge is 0.352 e. The predicted octanol–water partition coefficient (Wildman–Crippen LogP) is 3.18. The molecule has 0 fully saturated rings. The molecule has 6 nitrogen and oxygen atoms in total. The first-order valence-electron chi connectivity index (χ1n) is 5.55. The maximum Gasteiger partial charge on any atom is 0.229 e. The summed E-state index contributed by atoms with van der Waals surface area (Å²) in [4.78, 5) is 17.5. The molecule has 2 rings (SSSR count). The Labute approximate surface area is 128 Å². The maximum atomic E-state index is 5.86. The minimum Gasteiger partial charge on any atom is -0.352 e. The van der Waals surface area contributed by atoms with Gasteiger partial charge in [-0.3, -0.25) is 0 Å². The molecule has 0 aliphatic rings. The van der Waals surface area contributed by atoms with Crippen molar-refractivity contribution in [1.29, 1.82) is 0 Å². The summed E-state index contributed by atoms with van der Waals surface area (Å²) in [6.45, 7) is 4.59. The molecule has 0 atom stereocenters. The lowest BCUT2D eigenvalue weighted by atomic mass is 10.4. The highest BCUT2D eigenvalue weighted by Gasteiger charge is 2.06. The minimum atomic E-state index is 0.158. The second-order valence-corrected chi connectivity index (χ2v) is 6.71. The van der Waals surface area contributed by atoms with Crippen molar-refractivity contribution in [3.8, 4) is 0 Å². The molecule has 0 aliphatic carbocycles. The quantitative estimate of drug-likeness (QED) is 0.850. The molecule has 102 valence electrons. The molecule has 9 heteroatoms. The van der Waals surface area contributed by atoms with E-state index in [1.807, 2.05) is 13.8 Å². The van der Waals surface area contributed by atoms with Crippen LogP contribution in [0.4, 0.5) is 11.9 Å². The predicted molar refractivity (Wildman–Crippen MR) is 80.7 cm³/mol. The normalized spacial score (nSPS) is 10.8. The van der Waals surface area contributed by atoms with Crippen molar-refractivity contribution in [3.63, 3.8) is 0 Å². The smallest absolute Gasteiger partial charge is 0.229 e. The molecular weight excluding hydrogens is 352 g/mol. The molecule has 2 aromatic rings. The van der Waals surface area contributed by atoms with Crippen LogP contribution in [0.15, 0.2) is 10.1 Å². The first kappa shape index (κ1) is 14.4. The van der Waals surface area contributed by atoms with Crippen molar-refractivity contribution in [2.45, 2.75) is 26.4 Å². The number of nitrogens with one attached hydrogen (secondary N) is 2. The molecule has 0 radical (unpaired) electrons. The second kappa shape index (κ2) is 6.44. The first-order valence-corrected chi connectivity index (χ1v) is 7.54. The molecular formula is C10H12BrClN6S. The van der Waals surface area contributed by atoms with Gasteiger partial charge in [0.15, 0.2) is 3.92 Å². The number of rotatable bonds is 5. The molecule has 0 saturated heterocycles. The molecule has 2 aromatic heterocycles. The van der Waals surface area contributed by atoms with Crippen LogP contribution in [0.25, 0.3) is 0 Å². The summed E-state index contributed by atoms with van der Waals surface area (Å²) in [5.74, 6) is 0.899. The molecule has 0 unspecified atom stereocenters. The highest BCUT2D eigenvalue weighted by Crippen LogP contribution is 2.19. The Balaban J connectivity index is 2.05. The standard InChI is InChI=1S/C10H12BrClN6S/c1-5(2)15-10-17-8(12)16-9(18-10)14-4-6-3-13-7(11)19-6/h3,5H,4H2,1-2H3,(H2,14,15,16,17,18). The van der Waals surface area contributed by atoms with Crippen LogP contribution in [0.2, 0.25) is 5.28 Å². The average Bonchev–Trinajstić information content (AvgIpc) is 2.71. The molecule has 2 N–H and O–H groups in total. The third-order valence-electron chi connectivity index (χ3n) is 1.97. The Kier molecular flexibility index (Phi) is 4.89. The monoisotopic (exact) mass is 362 g/mol. The van der Waals surface area contributed by atoms with E-state index in [1.54, 1.807) is 17.5 Å². The zero-order chi connectivity index (χ0) is 13.8. The Hall–Kier alpha value is -0.990. The Morgan fingerprint density at radius 3 is 2.68 bits per heavy atom. The SMILES string of the molecule is CC(C)Nc1nc(Cl)nc(NCc2cnc(Br)s2)n1. The third kappa shape index (κ3) is 4.55. The summed E-state index contributed by atoms with van der Waals surface area (Å²) < 4.78 is 0.847. The van der Waals surface area contributed by atoms with Gasteiger partial charge >= 0.3 is 0 Å². The summed E-state index contributed by atoms with van der Waals surface area (Å²) in [6.07, 6.45) is 1.79. The van der Waals surface area contributed by atoms with Crippen LogP contribution in [0.5, 0.6) is 0 Å². The molecule has 0 spiro atoms. The van der Waals surface area contributed by atoms with E-state index in [4.69, 9.17) is 11.6 Å². The van der Waals surface area contributed by atoms with Crippen LogP contribution < -0.4 is 10.6 Å². The van der Waals surface area contributed by atoms with Crippen LogP contribution >= 0.6 is 38.9 Å². The van der Waals surface area contributed by atoms with Gasteiger partial charge in [0.1, 0.15) is 0 Å². The van der Waals surface area contributed by atoms with Gasteiger partial charge in [-0.25, -0.2) is 4.98 Å². The van der Waals surface area contributed by atoms with Crippen molar-refractivity contribution in [2.24, 2.45) is 0 Å². The maximum absolute atomic E-state index is 5.86. The first-order chi connectivity index (χ1) is 9.02. The summed E-state index contributed by atoms with van der Waals surface area (Å²) in [5, 5.41) is 6.33. The topological polar surface area (TPSA) is 75.6 Å². The summed E-state index contributed by atoms with van der Waals surface area (Å²) in [5.41, 5.74) is 0. The molecule has 0 amide bonds. The fourth-order valence-electron chi connectivity index (χ4n) is 1.28. The molecule has 0 bridgehead atoms. The van der Waals surface area contributed by atoms with Crippen molar-refractivity contribution < 1.29 is 0 Å². The highest BCUT2D eigenvalue weighted by atomic mass is 79.9. The van der Waals surface area contributed by atoms with Gasteiger partial charge in [-0.15, -0.1) is 11.3 Å². The number of anilines is 2. The van der Waals surface area contributed by atoms with Gasteiger partial charge < -0.3 is 10.6 Å². The van der Waals surface area contributed by atoms with E-state index in [0.717, 1.165) is 8.79 Å². The van der Waals surface area contributed by atoms with E-state index < -0.39 is 0 Å². The Morgan fingerprint density at radius 2 is 2.05 bits per heavy atom. The second-order valence-electron chi connectivity index (χ2n) is 3.98. The number of halogens is 2. The van der Waals surface area contributed by atoms with E-state index in [0.29, 0.717) is 18.4 Å². The summed E-state index contributed by atoms with van der Waals surface area (Å²) >= 11 is 10.7. The van der Waals surface area contributed by atoms with Crippen LogP contribution in [-0.2, 0) is 6.54 Å². The molecule has 0 aliphatic heterocycles. The molecule has 19 heavy (non-hydrogen) atoms. The van der Waals surface area contributed by atoms with Gasteiger partial charge in [0, 0.05) is 17.1 Å². The van der Waals surface area contributed by atoms with Gasteiger partial charge in [-0.05, 0) is 41.4 Å². The number of aromatic nitrogens is 4. The van der Waals surface area contributed by atoms with Crippen molar-refractivity contribution >= 4 is 50.8 Å². The zero-order valence-electron chi connectivity index (χ0n) is 10.3. The van der Waals surface area contributed by atoms with Crippen LogP contribution in [-0.4, -0.2) is 26.0 Å². The van der Waals surface area contributed by atoms with Crippen molar-refractivity contribution in [1.82, 2.24) is 19.9 Å². The van der Waals surface area contributed by atoms with Gasteiger partial charge in [0.2, 0.25) is 17.2 Å². The lowest BCUT2D eigenvalue weighted by molar-refractivity contribution is 0.865. The number of nitrogens with zero attached hydrogens (tertiary/aromatic N) is 4. The highest BCUT2D eigenvalue weighted by molar-refractivity contribution is 9.11. The lowest BCUT2D eigenvalue weighted by Gasteiger charge is -2.09. The molecule has 0 saturated carbocycles. The lowest BCUT2D eigenvalue weighted by Crippen LogP contribution is -2.14. The van der Waals surface area contributed by atoms with E-state index in [1.165, 1.54) is 0 Å². The fourth-order valence-corrected chi connectivity index (χ4v) is 2.74. The third-order valence-corrected chi connectivity index (χ3v) is 3.62. The Bertz CT molecular complexity index is 561. The van der Waals surface area contributed by atoms with Crippen LogP contribution in [0.3, 0.4) is 0 Å². The summed E-state index contributed by atoms with van der Waals surface area (Å²) in [6, 6.07) is 0.226. The van der Waals surface area contributed by atoms with Gasteiger partial charge in [0.25, 0.3) is 0 Å². The van der Waals surface area contributed by atoms with Crippen LogP contribution in [0.1, 0.15) is 18.7 Å². The minimum absolute atomic E-state index is 0.158. The van der Waals surface area contributed by atoms with Gasteiger partial charge in [-0.2, -0.15) is 15.0 Å². The van der Waals surface area contributed by atoms with E-state index in [9.17, 15) is 0 Å². The fraction of sp³-hybridized carbons (Fsp3) is 0.400. The number of thiazole rings is 1. The van der Waals surface area contributed by atoms with E-state index in [2.05, 4.69) is 46.5 Å². The summed E-state index contributed by atoms with van der Waals surface area (Å²) in [7, 11) is 0. The molecule has 2 heterocycles. The van der Waals surface area contributed by atoms with E-state index >= 15 is 0 Å². The Morgan fingerprint density at radius 1 is 1.32 bits per heavy atom. The van der Waals surface area contributed by atoms with E-state index in [-0.39, 0.29) is 11.3 Å². The molecule has 0 aromatic carbocycles. The van der Waals surface area contributed by atoms with Gasteiger partial charge in [0.05, 0.1) is 6.54 Å². The zero-order valence-corrected chi connectivity index (χ0v) is 13.5. The average molecular weight is 364 g/mol. The van der Waals surface area contributed by atoms with Crippen molar-refractivity contribution in [3.05, 3.63) is 20.3 Å². The number of hydrogen-bond donors (Lipinski definition) is 2. The van der Waals surface area contributed by atoms with Crippen molar-refractivity contribution in [2.75, 3.05) is 10.6 Å². The van der Waals surface area contributed by atoms with Gasteiger partial charge in [-0.1, -0.05) is 0 Å².